The Kier molecular flexibility index (Phi) is 11.0. The standard InChI is InChI=1S/C19H31NO6S/c1-27(24,25)18(10-4-2-3-5-12-19(22)23)11-6-8-16(21)15-26-17-9-7-13-20-14-17/h7,9,13-14,16,18,21H,2-6,8,10-12,15H2,1H3,(H,22,23). The largest absolute Gasteiger partial charge is 0.489 e. The first-order chi connectivity index (χ1) is 12.8. The van der Waals surface area contributed by atoms with E-state index >= 15 is 0 Å². The molecule has 27 heavy (non-hydrogen) atoms. The number of aliphatic carboxylic acids is 1. The van der Waals surface area contributed by atoms with Crippen molar-refractivity contribution >= 4 is 15.8 Å². The van der Waals surface area contributed by atoms with Gasteiger partial charge in [-0.25, -0.2) is 8.42 Å². The molecule has 1 aromatic rings. The Balaban J connectivity index is 2.24. The number of unbranched alkanes of at least 4 members (excludes halogenated alkanes) is 3. The molecule has 0 radical (unpaired) electrons. The van der Waals surface area contributed by atoms with Gasteiger partial charge in [0.25, 0.3) is 0 Å². The van der Waals surface area contributed by atoms with Gasteiger partial charge < -0.3 is 14.9 Å². The molecule has 2 N–H and O–H groups in total. The van der Waals surface area contributed by atoms with E-state index in [0.717, 1.165) is 19.3 Å². The van der Waals surface area contributed by atoms with Gasteiger partial charge >= 0.3 is 5.97 Å². The van der Waals surface area contributed by atoms with E-state index in [2.05, 4.69) is 4.98 Å². The van der Waals surface area contributed by atoms with Gasteiger partial charge in [0.2, 0.25) is 0 Å². The zero-order chi connectivity index (χ0) is 20.1. The predicted molar refractivity (Wildman–Crippen MR) is 104 cm³/mol. The second kappa shape index (κ2) is 12.7. The highest BCUT2D eigenvalue weighted by atomic mass is 32.2. The molecule has 0 fully saturated rings. The summed E-state index contributed by atoms with van der Waals surface area (Å²) in [6, 6.07) is 3.51. The summed E-state index contributed by atoms with van der Waals surface area (Å²) in [5.74, 6) is -0.205. The number of rotatable bonds is 15. The summed E-state index contributed by atoms with van der Waals surface area (Å²) in [5.41, 5.74) is 0. The lowest BCUT2D eigenvalue weighted by molar-refractivity contribution is -0.137. The van der Waals surface area contributed by atoms with Gasteiger partial charge in [0.05, 0.1) is 17.6 Å². The van der Waals surface area contributed by atoms with Crippen LogP contribution in [0.15, 0.2) is 24.5 Å². The number of hydrogen-bond donors (Lipinski definition) is 2. The Morgan fingerprint density at radius 3 is 2.48 bits per heavy atom. The van der Waals surface area contributed by atoms with Crippen molar-refractivity contribution in [2.75, 3.05) is 12.9 Å². The maximum Gasteiger partial charge on any atom is 0.303 e. The van der Waals surface area contributed by atoms with Crippen LogP contribution in [-0.4, -0.2) is 53.8 Å². The lowest BCUT2D eigenvalue weighted by atomic mass is 10.0. The van der Waals surface area contributed by atoms with E-state index in [0.29, 0.717) is 37.9 Å². The Morgan fingerprint density at radius 1 is 1.15 bits per heavy atom. The van der Waals surface area contributed by atoms with E-state index in [1.807, 2.05) is 0 Å². The second-order valence-electron chi connectivity index (χ2n) is 6.88. The van der Waals surface area contributed by atoms with Gasteiger partial charge in [0.1, 0.15) is 22.2 Å². The highest BCUT2D eigenvalue weighted by Crippen LogP contribution is 2.19. The maximum atomic E-state index is 12.0. The van der Waals surface area contributed by atoms with Crippen LogP contribution >= 0.6 is 0 Å². The number of carboxylic acid groups (broad SMARTS) is 1. The summed E-state index contributed by atoms with van der Waals surface area (Å²) in [6.45, 7) is 0.152. The summed E-state index contributed by atoms with van der Waals surface area (Å²) in [6.07, 6.45) is 9.18. The van der Waals surface area contributed by atoms with Crippen LogP contribution in [0.4, 0.5) is 0 Å². The van der Waals surface area contributed by atoms with E-state index in [1.165, 1.54) is 6.26 Å². The second-order valence-corrected chi connectivity index (χ2v) is 9.21. The molecule has 1 aromatic heterocycles. The molecule has 2 unspecified atom stereocenters. The molecule has 0 saturated heterocycles. The number of sulfone groups is 1. The minimum Gasteiger partial charge on any atom is -0.489 e. The van der Waals surface area contributed by atoms with E-state index < -0.39 is 27.2 Å². The fourth-order valence-electron chi connectivity index (χ4n) is 2.86. The third-order valence-corrected chi connectivity index (χ3v) is 6.09. The number of nitrogens with zero attached hydrogens (tertiary/aromatic N) is 1. The molecule has 1 rings (SSSR count). The van der Waals surface area contributed by atoms with Crippen molar-refractivity contribution in [1.82, 2.24) is 4.98 Å². The summed E-state index contributed by atoms with van der Waals surface area (Å²) in [5, 5.41) is 18.2. The number of carboxylic acids is 1. The molecular weight excluding hydrogens is 370 g/mol. The SMILES string of the molecule is CS(=O)(=O)C(CCCCCCC(=O)O)CCCC(O)COc1cccnc1. The molecule has 0 bridgehead atoms. The maximum absolute atomic E-state index is 12.0. The van der Waals surface area contributed by atoms with Crippen molar-refractivity contribution in [2.45, 2.75) is 69.1 Å². The Labute approximate surface area is 161 Å². The van der Waals surface area contributed by atoms with E-state index in [4.69, 9.17) is 9.84 Å². The van der Waals surface area contributed by atoms with Crippen molar-refractivity contribution in [2.24, 2.45) is 0 Å². The third kappa shape index (κ3) is 11.6. The molecule has 0 aliphatic carbocycles. The Morgan fingerprint density at radius 2 is 1.85 bits per heavy atom. The molecule has 7 nitrogen and oxygen atoms in total. The van der Waals surface area contributed by atoms with Gasteiger partial charge in [-0.05, 0) is 44.2 Å². The van der Waals surface area contributed by atoms with Crippen LogP contribution in [0, 0.1) is 0 Å². The van der Waals surface area contributed by atoms with Gasteiger partial charge in [-0.2, -0.15) is 0 Å². The number of aromatic nitrogens is 1. The smallest absolute Gasteiger partial charge is 0.303 e. The zero-order valence-corrected chi connectivity index (χ0v) is 16.7. The molecule has 0 saturated carbocycles. The van der Waals surface area contributed by atoms with Gasteiger partial charge in [0.15, 0.2) is 0 Å². The van der Waals surface area contributed by atoms with Crippen LogP contribution in [0.3, 0.4) is 0 Å². The normalized spacial score (nSPS) is 13.9. The van der Waals surface area contributed by atoms with Gasteiger partial charge in [0, 0.05) is 18.9 Å². The van der Waals surface area contributed by atoms with Crippen molar-refractivity contribution in [1.29, 1.82) is 0 Å². The molecule has 0 aliphatic rings. The average Bonchev–Trinajstić information content (AvgIpc) is 2.61. The predicted octanol–water partition coefficient (Wildman–Crippen LogP) is 2.83. The fourth-order valence-corrected chi connectivity index (χ4v) is 4.05. The molecule has 0 amide bonds. The lowest BCUT2D eigenvalue weighted by Gasteiger charge is -2.17. The lowest BCUT2D eigenvalue weighted by Crippen LogP contribution is -2.22. The zero-order valence-electron chi connectivity index (χ0n) is 15.9. The molecule has 0 aliphatic heterocycles. The molecular formula is C19H31NO6S. The number of hydrogen-bond acceptors (Lipinski definition) is 6. The highest BCUT2D eigenvalue weighted by molar-refractivity contribution is 7.91. The molecule has 2 atom stereocenters. The van der Waals surface area contributed by atoms with Crippen molar-refractivity contribution in [3.8, 4) is 5.75 Å². The van der Waals surface area contributed by atoms with Crippen molar-refractivity contribution in [3.05, 3.63) is 24.5 Å². The number of carbonyl (C=O) groups is 1. The minimum atomic E-state index is -3.14. The Hall–Kier alpha value is -1.67. The first-order valence-corrected chi connectivity index (χ1v) is 11.4. The van der Waals surface area contributed by atoms with Crippen LogP contribution in [0.25, 0.3) is 0 Å². The first kappa shape index (κ1) is 23.4. The van der Waals surface area contributed by atoms with Crippen molar-refractivity contribution in [3.63, 3.8) is 0 Å². The Bertz CT molecular complexity index is 635. The summed E-state index contributed by atoms with van der Waals surface area (Å²) in [4.78, 5) is 14.4. The molecule has 1 heterocycles. The molecule has 0 spiro atoms. The first-order valence-electron chi connectivity index (χ1n) is 9.40. The van der Waals surface area contributed by atoms with E-state index in [1.54, 1.807) is 24.5 Å². The van der Waals surface area contributed by atoms with E-state index in [9.17, 15) is 18.3 Å². The highest BCUT2D eigenvalue weighted by Gasteiger charge is 2.20. The number of aliphatic hydroxyl groups is 1. The van der Waals surface area contributed by atoms with Crippen molar-refractivity contribution < 1.29 is 28.2 Å². The minimum absolute atomic E-state index is 0.152. The molecule has 8 heteroatoms. The van der Waals surface area contributed by atoms with Crippen LogP contribution in [0.5, 0.6) is 5.75 Å². The van der Waals surface area contributed by atoms with Gasteiger partial charge in [-0.1, -0.05) is 19.3 Å². The van der Waals surface area contributed by atoms with Crippen LogP contribution in [0.2, 0.25) is 0 Å². The quantitative estimate of drug-likeness (QED) is 0.434. The molecule has 0 aromatic carbocycles. The summed E-state index contributed by atoms with van der Waals surface area (Å²) in [7, 11) is -3.14. The monoisotopic (exact) mass is 401 g/mol. The number of ether oxygens (including phenoxy) is 1. The molecule has 154 valence electrons. The van der Waals surface area contributed by atoms with Gasteiger partial charge in [-0.15, -0.1) is 0 Å². The van der Waals surface area contributed by atoms with Crippen LogP contribution in [-0.2, 0) is 14.6 Å². The third-order valence-electron chi connectivity index (χ3n) is 4.41. The van der Waals surface area contributed by atoms with Crippen LogP contribution < -0.4 is 4.74 Å². The summed E-state index contributed by atoms with van der Waals surface area (Å²) >= 11 is 0. The average molecular weight is 402 g/mol. The van der Waals surface area contributed by atoms with E-state index in [-0.39, 0.29) is 13.0 Å². The summed E-state index contributed by atoms with van der Waals surface area (Å²) < 4.78 is 29.3. The van der Waals surface area contributed by atoms with Crippen LogP contribution in [0.1, 0.15) is 57.8 Å². The number of aliphatic hydroxyl groups excluding tert-OH is 1. The van der Waals surface area contributed by atoms with Gasteiger partial charge in [-0.3, -0.25) is 9.78 Å². The topological polar surface area (TPSA) is 114 Å². The fraction of sp³-hybridized carbons (Fsp3) is 0.684. The number of pyridine rings is 1.